The maximum Gasteiger partial charge on any atom is 0.254 e. The van der Waals surface area contributed by atoms with Gasteiger partial charge in [0.1, 0.15) is 0 Å². The van der Waals surface area contributed by atoms with Crippen molar-refractivity contribution < 1.29 is 4.79 Å². The largest absolute Gasteiger partial charge is 0.399 e. The van der Waals surface area contributed by atoms with Gasteiger partial charge in [0.15, 0.2) is 0 Å². The van der Waals surface area contributed by atoms with E-state index in [-0.39, 0.29) is 5.91 Å². The number of carbonyl (C=O) groups is 1. The number of amides is 1. The standard InChI is InChI=1S/C13H16N4O/c1-9-10(4-3-5-12(9)14)6-15-13(18)11-7-16-17(2)8-11/h3-5,7-8H,6,14H2,1-2H3,(H,15,18). The Kier molecular flexibility index (Phi) is 3.32. The topological polar surface area (TPSA) is 72.9 Å². The third-order valence-corrected chi connectivity index (χ3v) is 2.89. The number of hydrogen-bond donors (Lipinski definition) is 2. The number of nitrogens with zero attached hydrogens (tertiary/aromatic N) is 2. The number of rotatable bonds is 3. The molecule has 1 amide bonds. The maximum absolute atomic E-state index is 11.8. The van der Waals surface area contributed by atoms with Crippen molar-refractivity contribution >= 4 is 11.6 Å². The van der Waals surface area contributed by atoms with Crippen LogP contribution in [0.2, 0.25) is 0 Å². The van der Waals surface area contributed by atoms with E-state index >= 15 is 0 Å². The van der Waals surface area contributed by atoms with Gasteiger partial charge in [0.05, 0.1) is 11.8 Å². The molecule has 94 valence electrons. The van der Waals surface area contributed by atoms with E-state index in [4.69, 9.17) is 5.73 Å². The fraction of sp³-hybridized carbons (Fsp3) is 0.231. The number of hydrogen-bond acceptors (Lipinski definition) is 3. The number of nitrogens with two attached hydrogens (primary N) is 1. The van der Waals surface area contributed by atoms with E-state index in [1.807, 2.05) is 25.1 Å². The first-order valence-corrected chi connectivity index (χ1v) is 5.68. The molecule has 0 aliphatic carbocycles. The molecule has 1 aromatic heterocycles. The lowest BCUT2D eigenvalue weighted by molar-refractivity contribution is 0.0951. The smallest absolute Gasteiger partial charge is 0.254 e. The van der Waals surface area contributed by atoms with Gasteiger partial charge >= 0.3 is 0 Å². The van der Waals surface area contributed by atoms with Crippen LogP contribution in [0.4, 0.5) is 5.69 Å². The first-order valence-electron chi connectivity index (χ1n) is 5.68. The number of anilines is 1. The highest BCUT2D eigenvalue weighted by Crippen LogP contribution is 2.15. The minimum Gasteiger partial charge on any atom is -0.399 e. The van der Waals surface area contributed by atoms with Crippen molar-refractivity contribution in [2.75, 3.05) is 5.73 Å². The molecule has 3 N–H and O–H groups in total. The lowest BCUT2D eigenvalue weighted by Gasteiger charge is -2.09. The zero-order valence-electron chi connectivity index (χ0n) is 10.5. The molecule has 2 rings (SSSR count). The fourth-order valence-electron chi connectivity index (χ4n) is 1.71. The minimum absolute atomic E-state index is 0.134. The van der Waals surface area contributed by atoms with Gasteiger partial charge in [0, 0.05) is 25.5 Å². The molecule has 0 aliphatic rings. The molecule has 0 saturated carbocycles. The molecule has 0 bridgehead atoms. The molecule has 0 spiro atoms. The molecule has 0 aliphatic heterocycles. The number of benzene rings is 1. The second kappa shape index (κ2) is 4.91. The minimum atomic E-state index is -0.134. The van der Waals surface area contributed by atoms with Crippen molar-refractivity contribution in [3.63, 3.8) is 0 Å². The van der Waals surface area contributed by atoms with Crippen molar-refractivity contribution in [1.82, 2.24) is 15.1 Å². The highest BCUT2D eigenvalue weighted by Gasteiger charge is 2.08. The number of nitrogens with one attached hydrogen (secondary N) is 1. The Bertz CT molecular complexity index is 574. The van der Waals surface area contributed by atoms with Gasteiger partial charge in [0.25, 0.3) is 5.91 Å². The van der Waals surface area contributed by atoms with E-state index in [1.54, 1.807) is 24.1 Å². The van der Waals surface area contributed by atoms with Crippen molar-refractivity contribution in [3.05, 3.63) is 47.3 Å². The first kappa shape index (κ1) is 12.2. The van der Waals surface area contributed by atoms with Crippen LogP contribution in [0.5, 0.6) is 0 Å². The molecule has 0 radical (unpaired) electrons. The second-order valence-electron chi connectivity index (χ2n) is 4.22. The van der Waals surface area contributed by atoms with E-state index in [2.05, 4.69) is 10.4 Å². The Morgan fingerprint density at radius 2 is 2.28 bits per heavy atom. The lowest BCUT2D eigenvalue weighted by atomic mass is 10.1. The highest BCUT2D eigenvalue weighted by molar-refractivity contribution is 5.93. The van der Waals surface area contributed by atoms with Crippen LogP contribution in [-0.2, 0) is 13.6 Å². The van der Waals surface area contributed by atoms with Crippen molar-refractivity contribution in [1.29, 1.82) is 0 Å². The first-order chi connectivity index (χ1) is 8.58. The average molecular weight is 244 g/mol. The van der Waals surface area contributed by atoms with Crippen LogP contribution >= 0.6 is 0 Å². The predicted octanol–water partition coefficient (Wildman–Crippen LogP) is 1.24. The third kappa shape index (κ3) is 2.51. The zero-order chi connectivity index (χ0) is 13.1. The van der Waals surface area contributed by atoms with Gasteiger partial charge in [-0.3, -0.25) is 9.48 Å². The molecule has 0 unspecified atom stereocenters. The van der Waals surface area contributed by atoms with Crippen molar-refractivity contribution in [2.45, 2.75) is 13.5 Å². The quantitative estimate of drug-likeness (QED) is 0.798. The molecule has 5 nitrogen and oxygen atoms in total. The molecular weight excluding hydrogens is 228 g/mol. The van der Waals surface area contributed by atoms with E-state index in [0.717, 1.165) is 16.8 Å². The van der Waals surface area contributed by atoms with Crippen LogP contribution in [0, 0.1) is 6.92 Å². The number of aryl methyl sites for hydroxylation is 1. The summed E-state index contributed by atoms with van der Waals surface area (Å²) in [4.78, 5) is 11.8. The van der Waals surface area contributed by atoms with E-state index in [9.17, 15) is 4.79 Å². The van der Waals surface area contributed by atoms with Crippen LogP contribution in [0.25, 0.3) is 0 Å². The van der Waals surface area contributed by atoms with E-state index in [1.165, 1.54) is 0 Å². The average Bonchev–Trinajstić information content (AvgIpc) is 2.77. The van der Waals surface area contributed by atoms with Gasteiger partial charge in [-0.2, -0.15) is 5.10 Å². The molecule has 0 fully saturated rings. The van der Waals surface area contributed by atoms with Crippen LogP contribution < -0.4 is 11.1 Å². The number of carbonyl (C=O) groups excluding carboxylic acids is 1. The summed E-state index contributed by atoms with van der Waals surface area (Å²) in [7, 11) is 1.78. The number of nitrogen functional groups attached to an aromatic ring is 1. The van der Waals surface area contributed by atoms with Crippen LogP contribution in [0.15, 0.2) is 30.6 Å². The van der Waals surface area contributed by atoms with Crippen LogP contribution in [0.1, 0.15) is 21.5 Å². The summed E-state index contributed by atoms with van der Waals surface area (Å²) in [5.74, 6) is -0.134. The molecule has 5 heteroatoms. The van der Waals surface area contributed by atoms with Gasteiger partial charge in [0.2, 0.25) is 0 Å². The molecule has 0 atom stereocenters. The Morgan fingerprint density at radius 3 is 2.94 bits per heavy atom. The summed E-state index contributed by atoms with van der Waals surface area (Å²) >= 11 is 0. The van der Waals surface area contributed by atoms with Gasteiger partial charge in [-0.25, -0.2) is 0 Å². The Labute approximate surface area is 106 Å². The van der Waals surface area contributed by atoms with Gasteiger partial charge in [-0.15, -0.1) is 0 Å². The lowest BCUT2D eigenvalue weighted by Crippen LogP contribution is -2.23. The fourth-order valence-corrected chi connectivity index (χ4v) is 1.71. The summed E-state index contributed by atoms with van der Waals surface area (Å²) in [5, 5.41) is 6.81. The SMILES string of the molecule is Cc1c(N)cccc1CNC(=O)c1cnn(C)c1. The molecule has 2 aromatic rings. The second-order valence-corrected chi connectivity index (χ2v) is 4.22. The zero-order valence-corrected chi connectivity index (χ0v) is 10.5. The van der Waals surface area contributed by atoms with Crippen LogP contribution in [-0.4, -0.2) is 15.7 Å². The Balaban J connectivity index is 2.04. The van der Waals surface area contributed by atoms with Crippen LogP contribution in [0.3, 0.4) is 0 Å². The van der Waals surface area contributed by atoms with E-state index < -0.39 is 0 Å². The van der Waals surface area contributed by atoms with Gasteiger partial charge in [-0.05, 0) is 24.1 Å². The highest BCUT2D eigenvalue weighted by atomic mass is 16.1. The predicted molar refractivity (Wildman–Crippen MR) is 70.0 cm³/mol. The summed E-state index contributed by atoms with van der Waals surface area (Å²) in [6.07, 6.45) is 3.23. The summed E-state index contributed by atoms with van der Waals surface area (Å²) in [6, 6.07) is 5.69. The monoisotopic (exact) mass is 244 g/mol. The Hall–Kier alpha value is -2.30. The van der Waals surface area contributed by atoms with Gasteiger partial charge in [-0.1, -0.05) is 12.1 Å². The van der Waals surface area contributed by atoms with Gasteiger partial charge < -0.3 is 11.1 Å². The maximum atomic E-state index is 11.8. The van der Waals surface area contributed by atoms with Crippen molar-refractivity contribution in [2.24, 2.45) is 7.05 Å². The normalized spacial score (nSPS) is 10.3. The summed E-state index contributed by atoms with van der Waals surface area (Å²) in [6.45, 7) is 2.41. The molecular formula is C13H16N4O. The summed E-state index contributed by atoms with van der Waals surface area (Å²) in [5.41, 5.74) is 9.13. The molecule has 1 heterocycles. The van der Waals surface area contributed by atoms with E-state index in [0.29, 0.717) is 12.1 Å². The molecule has 18 heavy (non-hydrogen) atoms. The molecule has 0 saturated heterocycles. The molecule has 1 aromatic carbocycles. The third-order valence-electron chi connectivity index (χ3n) is 2.89. The Morgan fingerprint density at radius 1 is 1.50 bits per heavy atom. The summed E-state index contributed by atoms with van der Waals surface area (Å²) < 4.78 is 1.60. The van der Waals surface area contributed by atoms with Crippen molar-refractivity contribution in [3.8, 4) is 0 Å². The number of aromatic nitrogens is 2.